The molecule has 33 heavy (non-hydrogen) atoms. The highest BCUT2D eigenvalue weighted by Crippen LogP contribution is 2.42. The minimum atomic E-state index is -0.892. The normalized spacial score (nSPS) is 16.0. The van der Waals surface area contributed by atoms with E-state index in [0.717, 1.165) is 0 Å². The molecule has 1 aliphatic rings. The number of ketones is 1. The second kappa shape index (κ2) is 8.11. The molecule has 8 heteroatoms. The Balaban J connectivity index is 1.65. The van der Waals surface area contributed by atoms with E-state index in [9.17, 15) is 14.7 Å². The third-order valence-electron chi connectivity index (χ3n) is 5.51. The van der Waals surface area contributed by atoms with Crippen LogP contribution in [-0.4, -0.2) is 28.9 Å². The molecule has 1 unspecified atom stereocenters. The number of ether oxygens (including phenoxy) is 1. The third kappa shape index (κ3) is 3.52. The summed E-state index contributed by atoms with van der Waals surface area (Å²) in [6.07, 6.45) is 3.12. The van der Waals surface area contributed by atoms with Gasteiger partial charge < -0.3 is 14.3 Å². The molecule has 0 spiro atoms. The van der Waals surface area contributed by atoms with Gasteiger partial charge in [0.1, 0.15) is 11.3 Å². The zero-order chi connectivity index (χ0) is 23.1. The van der Waals surface area contributed by atoms with Gasteiger partial charge in [-0.3, -0.25) is 19.5 Å². The monoisotopic (exact) mass is 460 g/mol. The second-order valence-corrected chi connectivity index (χ2v) is 7.88. The number of carbonyl (C=O) groups excluding carboxylic acids is 2. The van der Waals surface area contributed by atoms with E-state index in [2.05, 4.69) is 4.98 Å². The van der Waals surface area contributed by atoms with Gasteiger partial charge in [-0.05, 0) is 54.1 Å². The van der Waals surface area contributed by atoms with Gasteiger partial charge in [-0.25, -0.2) is 0 Å². The maximum atomic E-state index is 13.6. The number of aliphatic hydroxyl groups excluding tert-OH is 1. The lowest BCUT2D eigenvalue weighted by molar-refractivity contribution is -0.117. The highest BCUT2D eigenvalue weighted by molar-refractivity contribution is 6.31. The number of rotatable bonds is 5. The van der Waals surface area contributed by atoms with Crippen molar-refractivity contribution >= 4 is 39.9 Å². The maximum absolute atomic E-state index is 13.6. The molecule has 1 N–H and O–H groups in total. The number of nitrogens with zero attached hydrogens (tertiary/aromatic N) is 2. The van der Waals surface area contributed by atoms with Crippen molar-refractivity contribution in [1.29, 1.82) is 0 Å². The predicted octanol–water partition coefficient (Wildman–Crippen LogP) is 5.27. The Morgan fingerprint density at radius 3 is 2.67 bits per heavy atom. The van der Waals surface area contributed by atoms with Gasteiger partial charge in [0.2, 0.25) is 5.78 Å². The lowest BCUT2D eigenvalue weighted by Gasteiger charge is -2.26. The number of hydrogen-bond acceptors (Lipinski definition) is 6. The number of fused-ring (bicyclic) bond motifs is 1. The van der Waals surface area contributed by atoms with Gasteiger partial charge in [-0.2, -0.15) is 0 Å². The van der Waals surface area contributed by atoms with Gasteiger partial charge in [0.15, 0.2) is 11.5 Å². The summed E-state index contributed by atoms with van der Waals surface area (Å²) in [5.74, 6) is -1.41. The second-order valence-electron chi connectivity index (χ2n) is 7.44. The average Bonchev–Trinajstić information content (AvgIpc) is 3.37. The molecule has 1 atom stereocenters. The number of methoxy groups -OCH3 is 1. The Bertz CT molecular complexity index is 1430. The van der Waals surface area contributed by atoms with E-state index >= 15 is 0 Å². The van der Waals surface area contributed by atoms with E-state index in [1.54, 1.807) is 73.1 Å². The van der Waals surface area contributed by atoms with Crippen molar-refractivity contribution < 1.29 is 23.8 Å². The van der Waals surface area contributed by atoms with Crippen LogP contribution in [0.5, 0.6) is 5.75 Å². The van der Waals surface area contributed by atoms with E-state index in [-0.39, 0.29) is 11.3 Å². The van der Waals surface area contributed by atoms with E-state index < -0.39 is 23.5 Å². The fourth-order valence-corrected chi connectivity index (χ4v) is 4.16. The van der Waals surface area contributed by atoms with E-state index in [4.69, 9.17) is 20.8 Å². The first-order chi connectivity index (χ1) is 16.0. The summed E-state index contributed by atoms with van der Waals surface area (Å²) < 4.78 is 11.0. The number of pyridine rings is 1. The van der Waals surface area contributed by atoms with Crippen molar-refractivity contribution in [3.05, 3.63) is 101 Å². The molecule has 0 fully saturated rings. The zero-order valence-electron chi connectivity index (χ0n) is 17.4. The van der Waals surface area contributed by atoms with Crippen LogP contribution in [0.4, 0.5) is 5.69 Å². The summed E-state index contributed by atoms with van der Waals surface area (Å²) in [5, 5.41) is 12.0. The molecule has 0 radical (unpaired) electrons. The lowest BCUT2D eigenvalue weighted by Crippen LogP contribution is -2.31. The van der Waals surface area contributed by atoms with Crippen LogP contribution in [0.15, 0.2) is 88.8 Å². The number of carbonyl (C=O) groups is 2. The maximum Gasteiger partial charge on any atom is 0.294 e. The molecule has 7 nitrogen and oxygen atoms in total. The Kier molecular flexibility index (Phi) is 5.11. The first kappa shape index (κ1) is 20.8. The van der Waals surface area contributed by atoms with Gasteiger partial charge in [0.25, 0.3) is 5.91 Å². The SMILES string of the molecule is COc1cccc(N2C(=O)C(O)=C(C(=O)c3cc4cc(Cl)ccc4o3)C2c2ccncc2)c1. The summed E-state index contributed by atoms with van der Waals surface area (Å²) in [7, 11) is 1.52. The molecule has 0 saturated carbocycles. The van der Waals surface area contributed by atoms with Crippen LogP contribution in [0.1, 0.15) is 22.2 Å². The third-order valence-corrected chi connectivity index (χ3v) is 5.74. The topological polar surface area (TPSA) is 92.9 Å². The number of furan rings is 1. The first-order valence-corrected chi connectivity index (χ1v) is 10.4. The molecule has 0 aliphatic carbocycles. The van der Waals surface area contributed by atoms with Crippen LogP contribution < -0.4 is 9.64 Å². The number of hydrogen-bond donors (Lipinski definition) is 1. The summed E-state index contributed by atoms with van der Waals surface area (Å²) >= 11 is 6.05. The largest absolute Gasteiger partial charge is 0.503 e. The number of Topliss-reactive ketones (excluding diaryl/α,β-unsaturated/α-hetero) is 1. The Labute approximate surface area is 193 Å². The molecule has 2 aromatic carbocycles. The molecule has 0 bridgehead atoms. The Hall–Kier alpha value is -4.10. The fourth-order valence-electron chi connectivity index (χ4n) is 3.98. The molecule has 1 amide bonds. The van der Waals surface area contributed by atoms with Gasteiger partial charge in [-0.1, -0.05) is 17.7 Å². The van der Waals surface area contributed by atoms with Crippen molar-refractivity contribution in [3.63, 3.8) is 0 Å². The van der Waals surface area contributed by atoms with Crippen molar-refractivity contribution in [2.45, 2.75) is 6.04 Å². The molecular weight excluding hydrogens is 444 g/mol. The molecule has 4 aromatic rings. The van der Waals surface area contributed by atoms with Crippen LogP contribution >= 0.6 is 11.6 Å². The van der Waals surface area contributed by atoms with Gasteiger partial charge in [0, 0.05) is 34.6 Å². The number of benzene rings is 2. The van der Waals surface area contributed by atoms with Crippen molar-refractivity contribution in [2.24, 2.45) is 0 Å². The fraction of sp³-hybridized carbons (Fsp3) is 0.0800. The molecule has 0 saturated heterocycles. The van der Waals surface area contributed by atoms with Crippen molar-refractivity contribution in [3.8, 4) is 5.75 Å². The van der Waals surface area contributed by atoms with Gasteiger partial charge >= 0.3 is 0 Å². The van der Waals surface area contributed by atoms with Crippen LogP contribution in [0.3, 0.4) is 0 Å². The number of amides is 1. The molecule has 1 aliphatic heterocycles. The quantitative estimate of drug-likeness (QED) is 0.408. The van der Waals surface area contributed by atoms with Crippen LogP contribution in [0.25, 0.3) is 11.0 Å². The number of halogens is 1. The van der Waals surface area contributed by atoms with E-state index in [1.165, 1.54) is 12.0 Å². The number of anilines is 1. The number of aromatic nitrogens is 1. The minimum Gasteiger partial charge on any atom is -0.503 e. The zero-order valence-corrected chi connectivity index (χ0v) is 18.1. The van der Waals surface area contributed by atoms with Gasteiger partial charge in [0.05, 0.1) is 18.7 Å². The Morgan fingerprint density at radius 1 is 1.12 bits per heavy atom. The first-order valence-electron chi connectivity index (χ1n) is 10.0. The standard InChI is InChI=1S/C25H17ClN2O5/c1-32-18-4-2-3-17(13-18)28-22(14-7-9-27-10-8-14)21(24(30)25(28)31)23(29)20-12-15-11-16(26)5-6-19(15)33-20/h2-13,22,30H,1H3. The van der Waals surface area contributed by atoms with E-state index in [0.29, 0.717) is 33.0 Å². The summed E-state index contributed by atoms with van der Waals surface area (Å²) in [5.41, 5.74) is 1.45. The lowest BCUT2D eigenvalue weighted by atomic mass is 9.95. The van der Waals surface area contributed by atoms with E-state index in [1.807, 2.05) is 0 Å². The van der Waals surface area contributed by atoms with Crippen molar-refractivity contribution in [2.75, 3.05) is 12.0 Å². The van der Waals surface area contributed by atoms with Crippen LogP contribution in [0, 0.1) is 0 Å². The van der Waals surface area contributed by atoms with Crippen molar-refractivity contribution in [1.82, 2.24) is 4.98 Å². The minimum absolute atomic E-state index is 0.00633. The molecule has 5 rings (SSSR count). The number of aliphatic hydroxyl groups is 1. The predicted molar refractivity (Wildman–Crippen MR) is 123 cm³/mol. The summed E-state index contributed by atoms with van der Waals surface area (Å²) in [6, 6.07) is 15.9. The Morgan fingerprint density at radius 2 is 1.91 bits per heavy atom. The molecule has 164 valence electrons. The molecule has 3 heterocycles. The molecular formula is C25H17ClN2O5. The smallest absolute Gasteiger partial charge is 0.294 e. The van der Waals surface area contributed by atoms with Crippen LogP contribution in [-0.2, 0) is 4.79 Å². The highest BCUT2D eigenvalue weighted by Gasteiger charge is 2.45. The highest BCUT2D eigenvalue weighted by atomic mass is 35.5. The summed E-state index contributed by atoms with van der Waals surface area (Å²) in [6.45, 7) is 0. The average molecular weight is 461 g/mol. The summed E-state index contributed by atoms with van der Waals surface area (Å²) in [4.78, 5) is 32.2. The van der Waals surface area contributed by atoms with Crippen LogP contribution in [0.2, 0.25) is 5.02 Å². The van der Waals surface area contributed by atoms with Gasteiger partial charge in [-0.15, -0.1) is 0 Å². The molecule has 2 aromatic heterocycles.